The number of benzene rings is 2. The predicted octanol–water partition coefficient (Wildman–Crippen LogP) is 8.89. The summed E-state index contributed by atoms with van der Waals surface area (Å²) in [7, 11) is 0. The first-order valence-electron chi connectivity index (χ1n) is 14.5. The van der Waals surface area contributed by atoms with Crippen LogP contribution in [0.2, 0.25) is 0 Å². The topological polar surface area (TPSA) is 30.5 Å². The van der Waals surface area contributed by atoms with Crippen molar-refractivity contribution in [2.45, 2.75) is 132 Å². The second kappa shape index (κ2) is 12.2. The van der Waals surface area contributed by atoms with E-state index >= 15 is 0 Å². The second-order valence-corrected chi connectivity index (χ2v) is 28.7. The van der Waals surface area contributed by atoms with Crippen molar-refractivity contribution in [2.75, 3.05) is 6.95 Å². The Kier molecular flexibility index (Phi) is 10.3. The molecule has 0 atom stereocenters. The third kappa shape index (κ3) is 6.72. The summed E-state index contributed by atoms with van der Waals surface area (Å²) in [6.07, 6.45) is 0. The van der Waals surface area contributed by atoms with Gasteiger partial charge in [-0.05, 0) is 0 Å². The SMILES string of the molecule is CC(C)c1cccc(C(C)C)c1[NH][Sb]1[N](C(C)(C)C)[Sb]([NH]c2c(C(C)C)cccc2C(C)C)[N]1C(C)(C)C. The first kappa shape index (κ1) is 32.1. The molecule has 212 valence electrons. The van der Waals surface area contributed by atoms with E-state index < -0.39 is 42.1 Å². The van der Waals surface area contributed by atoms with E-state index in [0.717, 1.165) is 0 Å². The average molecular weight is 738 g/mol. The van der Waals surface area contributed by atoms with Crippen LogP contribution in [0.15, 0.2) is 36.4 Å². The summed E-state index contributed by atoms with van der Waals surface area (Å²) in [4.78, 5) is 0. The molecule has 0 spiro atoms. The van der Waals surface area contributed by atoms with Gasteiger partial charge in [-0.3, -0.25) is 0 Å². The fourth-order valence-electron chi connectivity index (χ4n) is 5.18. The molecule has 1 heterocycles. The van der Waals surface area contributed by atoms with Gasteiger partial charge in [-0.25, -0.2) is 0 Å². The van der Waals surface area contributed by atoms with E-state index in [4.69, 9.17) is 0 Å². The number of rotatable bonds is 8. The van der Waals surface area contributed by atoms with Gasteiger partial charge in [0.05, 0.1) is 0 Å². The first-order chi connectivity index (χ1) is 17.5. The Bertz CT molecular complexity index is 948. The molecule has 0 aromatic heterocycles. The molecule has 4 nitrogen and oxygen atoms in total. The third-order valence-corrected chi connectivity index (χ3v) is 33.4. The van der Waals surface area contributed by atoms with Gasteiger partial charge in [0.15, 0.2) is 0 Å². The molecule has 6 heteroatoms. The van der Waals surface area contributed by atoms with Gasteiger partial charge in [0.1, 0.15) is 0 Å². The van der Waals surface area contributed by atoms with Gasteiger partial charge in [-0.2, -0.15) is 0 Å². The van der Waals surface area contributed by atoms with E-state index in [0.29, 0.717) is 23.7 Å². The molecule has 0 unspecified atom stereocenters. The first-order valence-corrected chi connectivity index (χ1v) is 21.6. The molecule has 1 aliphatic rings. The summed E-state index contributed by atoms with van der Waals surface area (Å²) in [6, 6.07) is 13.9. The normalized spacial score (nSPS) is 16.7. The van der Waals surface area contributed by atoms with Crippen LogP contribution < -0.4 is 6.95 Å². The standard InChI is InChI=1S/2C12H18N.2C4H9N.2Sb/c2*1-8(2)10-6-5-7-11(9(3)4)12(10)13;2*1-4(2,3)5;;/h2*5-9,13H,1-4H3;2*1-3H3;;/q2*-1;;;2*+1. The molecular weight excluding hydrogens is 684 g/mol. The minimum atomic E-state index is -2.28. The molecule has 0 amide bonds. The van der Waals surface area contributed by atoms with Crippen LogP contribution in [-0.4, -0.2) is 55.6 Å². The Morgan fingerprint density at radius 2 is 0.737 bits per heavy atom. The molecule has 0 bridgehead atoms. The zero-order valence-electron chi connectivity index (χ0n) is 26.6. The molecular formula is C32H54N4Sb2. The van der Waals surface area contributed by atoms with Crippen LogP contribution in [-0.2, 0) is 0 Å². The van der Waals surface area contributed by atoms with Crippen LogP contribution in [0.5, 0.6) is 0 Å². The van der Waals surface area contributed by atoms with Crippen molar-refractivity contribution in [3.63, 3.8) is 0 Å². The Morgan fingerprint density at radius 3 is 0.921 bits per heavy atom. The molecule has 0 saturated carbocycles. The van der Waals surface area contributed by atoms with Gasteiger partial charge in [0.25, 0.3) is 0 Å². The molecule has 2 aromatic carbocycles. The number of nitrogens with one attached hydrogen (secondary N) is 2. The third-order valence-electron chi connectivity index (χ3n) is 7.09. The van der Waals surface area contributed by atoms with E-state index in [1.165, 1.54) is 33.6 Å². The second-order valence-electron chi connectivity index (χ2n) is 14.0. The van der Waals surface area contributed by atoms with Gasteiger partial charge in [0.2, 0.25) is 0 Å². The number of anilines is 2. The fourth-order valence-corrected chi connectivity index (χ4v) is 29.8. The van der Waals surface area contributed by atoms with Gasteiger partial charge in [0, 0.05) is 0 Å². The summed E-state index contributed by atoms with van der Waals surface area (Å²) in [6.45, 7) is 33.2. The minimum absolute atomic E-state index is 0.114. The Balaban J connectivity index is 2.14. The van der Waals surface area contributed by atoms with Crippen molar-refractivity contribution in [1.82, 2.24) is 2.44 Å². The van der Waals surface area contributed by atoms with Crippen molar-refractivity contribution in [3.05, 3.63) is 58.7 Å². The van der Waals surface area contributed by atoms with Gasteiger partial charge < -0.3 is 0 Å². The number of nitrogens with zero attached hydrogens (tertiary/aromatic N) is 2. The summed E-state index contributed by atoms with van der Waals surface area (Å²) in [5.74, 6) is 1.97. The fraction of sp³-hybridized carbons (Fsp3) is 0.625. The van der Waals surface area contributed by atoms with E-state index in [1.807, 2.05) is 0 Å². The Hall–Kier alpha value is -0.404. The van der Waals surface area contributed by atoms with Crippen LogP contribution in [0.1, 0.15) is 143 Å². The van der Waals surface area contributed by atoms with Gasteiger partial charge in [-0.15, -0.1) is 0 Å². The van der Waals surface area contributed by atoms with E-state index in [1.54, 1.807) is 0 Å². The zero-order chi connectivity index (χ0) is 28.7. The maximum atomic E-state index is 4.32. The molecule has 0 radical (unpaired) electrons. The molecule has 2 N–H and O–H groups in total. The summed E-state index contributed by atoms with van der Waals surface area (Å²) < 4.78 is 14.6. The molecule has 1 fully saturated rings. The number of hydrogen-bond donors (Lipinski definition) is 2. The van der Waals surface area contributed by atoms with E-state index in [9.17, 15) is 0 Å². The van der Waals surface area contributed by atoms with Crippen molar-refractivity contribution in [1.29, 1.82) is 0 Å². The van der Waals surface area contributed by atoms with Crippen LogP contribution >= 0.6 is 0 Å². The Labute approximate surface area is 251 Å². The van der Waals surface area contributed by atoms with Gasteiger partial charge >= 0.3 is 253 Å². The van der Waals surface area contributed by atoms with Crippen LogP contribution in [0.3, 0.4) is 0 Å². The van der Waals surface area contributed by atoms with Crippen LogP contribution in [0, 0.1) is 0 Å². The molecule has 3 rings (SSSR count). The monoisotopic (exact) mass is 736 g/mol. The van der Waals surface area contributed by atoms with Crippen LogP contribution in [0.4, 0.5) is 11.4 Å². The molecule has 2 aromatic rings. The summed E-state index contributed by atoms with van der Waals surface area (Å²) >= 11 is -4.56. The average Bonchev–Trinajstić information content (AvgIpc) is 2.75. The summed E-state index contributed by atoms with van der Waals surface area (Å²) in [5, 5.41) is 0. The van der Waals surface area contributed by atoms with Gasteiger partial charge in [-0.1, -0.05) is 0 Å². The van der Waals surface area contributed by atoms with Crippen molar-refractivity contribution in [2.24, 2.45) is 0 Å². The predicted molar refractivity (Wildman–Crippen MR) is 171 cm³/mol. The van der Waals surface area contributed by atoms with E-state index in [-0.39, 0.29) is 11.1 Å². The Morgan fingerprint density at radius 1 is 0.500 bits per heavy atom. The maximum absolute atomic E-state index is 4.32. The molecule has 1 saturated heterocycles. The number of para-hydroxylation sites is 2. The van der Waals surface area contributed by atoms with Crippen molar-refractivity contribution in [3.8, 4) is 0 Å². The number of hydrogen-bond acceptors (Lipinski definition) is 4. The quantitative estimate of drug-likeness (QED) is 0.265. The molecule has 38 heavy (non-hydrogen) atoms. The molecule has 0 aliphatic carbocycles. The summed E-state index contributed by atoms with van der Waals surface area (Å²) in [5.41, 5.74) is 8.88. The van der Waals surface area contributed by atoms with Crippen molar-refractivity contribution >= 4 is 53.5 Å². The van der Waals surface area contributed by atoms with E-state index in [2.05, 4.69) is 143 Å². The van der Waals surface area contributed by atoms with Crippen LogP contribution in [0.25, 0.3) is 0 Å². The van der Waals surface area contributed by atoms with Crippen molar-refractivity contribution < 1.29 is 0 Å². The zero-order valence-corrected chi connectivity index (χ0v) is 31.7. The molecule has 1 aliphatic heterocycles.